The van der Waals surface area contributed by atoms with Gasteiger partial charge in [-0.2, -0.15) is 0 Å². The summed E-state index contributed by atoms with van der Waals surface area (Å²) in [7, 11) is 0. The van der Waals surface area contributed by atoms with Gasteiger partial charge in [-0.25, -0.2) is 4.39 Å². The number of benzene rings is 1. The molecule has 0 spiro atoms. The standard InChI is InChI=1S/C9H9Br2FO3/c10-4-1-5(11)8(6(12)2-4)9(15)7(14)3-13/h1-2,7,9,13-15H,3H2. The first-order valence-electron chi connectivity index (χ1n) is 4.08. The lowest BCUT2D eigenvalue weighted by atomic mass is 10.0. The van der Waals surface area contributed by atoms with E-state index in [4.69, 9.17) is 5.11 Å². The van der Waals surface area contributed by atoms with Gasteiger partial charge in [-0.1, -0.05) is 31.9 Å². The number of aliphatic hydroxyl groups excluding tert-OH is 3. The van der Waals surface area contributed by atoms with E-state index in [-0.39, 0.29) is 5.56 Å². The molecule has 0 fully saturated rings. The van der Waals surface area contributed by atoms with E-state index in [1.165, 1.54) is 6.07 Å². The van der Waals surface area contributed by atoms with E-state index >= 15 is 0 Å². The summed E-state index contributed by atoms with van der Waals surface area (Å²) in [5, 5.41) is 27.4. The molecule has 2 atom stereocenters. The first-order valence-corrected chi connectivity index (χ1v) is 5.67. The normalized spacial score (nSPS) is 15.1. The monoisotopic (exact) mass is 342 g/mol. The van der Waals surface area contributed by atoms with Crippen LogP contribution in [0.5, 0.6) is 0 Å². The van der Waals surface area contributed by atoms with Crippen molar-refractivity contribution >= 4 is 31.9 Å². The van der Waals surface area contributed by atoms with Crippen molar-refractivity contribution in [2.75, 3.05) is 6.61 Å². The van der Waals surface area contributed by atoms with E-state index < -0.39 is 24.6 Å². The lowest BCUT2D eigenvalue weighted by Crippen LogP contribution is -2.23. The molecule has 1 rings (SSSR count). The predicted molar refractivity (Wildman–Crippen MR) is 59.9 cm³/mol. The summed E-state index contributed by atoms with van der Waals surface area (Å²) >= 11 is 6.16. The number of hydrogen-bond acceptors (Lipinski definition) is 3. The van der Waals surface area contributed by atoms with Crippen molar-refractivity contribution in [2.45, 2.75) is 12.2 Å². The number of rotatable bonds is 3. The SMILES string of the molecule is OCC(O)C(O)c1c(F)cc(Br)cc1Br. The van der Waals surface area contributed by atoms with Gasteiger partial charge in [0.25, 0.3) is 0 Å². The van der Waals surface area contributed by atoms with Crippen LogP contribution in [0.3, 0.4) is 0 Å². The highest BCUT2D eigenvalue weighted by atomic mass is 79.9. The van der Waals surface area contributed by atoms with Gasteiger partial charge in [0.15, 0.2) is 0 Å². The molecule has 0 saturated heterocycles. The Balaban J connectivity index is 3.13. The van der Waals surface area contributed by atoms with Gasteiger partial charge in [0.2, 0.25) is 0 Å². The Morgan fingerprint density at radius 2 is 1.87 bits per heavy atom. The van der Waals surface area contributed by atoms with Crippen LogP contribution in [0, 0.1) is 5.82 Å². The van der Waals surface area contributed by atoms with Gasteiger partial charge in [0.05, 0.1) is 6.61 Å². The van der Waals surface area contributed by atoms with Crippen molar-refractivity contribution in [1.82, 2.24) is 0 Å². The van der Waals surface area contributed by atoms with Crippen molar-refractivity contribution in [3.63, 3.8) is 0 Å². The lowest BCUT2D eigenvalue weighted by molar-refractivity contribution is -0.0171. The molecular formula is C9H9Br2FO3. The van der Waals surface area contributed by atoms with E-state index in [2.05, 4.69) is 31.9 Å². The van der Waals surface area contributed by atoms with Gasteiger partial charge >= 0.3 is 0 Å². The van der Waals surface area contributed by atoms with Crippen LogP contribution in [0.2, 0.25) is 0 Å². The minimum absolute atomic E-state index is 0.0697. The summed E-state index contributed by atoms with van der Waals surface area (Å²) in [4.78, 5) is 0. The van der Waals surface area contributed by atoms with E-state index in [9.17, 15) is 14.6 Å². The number of aliphatic hydroxyl groups is 3. The van der Waals surface area contributed by atoms with Crippen molar-refractivity contribution in [3.05, 3.63) is 32.5 Å². The molecule has 2 unspecified atom stereocenters. The Kier molecular flexibility index (Phi) is 4.66. The summed E-state index contributed by atoms with van der Waals surface area (Å²) in [6, 6.07) is 2.72. The molecule has 3 N–H and O–H groups in total. The summed E-state index contributed by atoms with van der Waals surface area (Å²) < 4.78 is 14.3. The molecule has 6 heteroatoms. The zero-order valence-electron chi connectivity index (χ0n) is 7.49. The van der Waals surface area contributed by atoms with Crippen LogP contribution in [-0.4, -0.2) is 28.0 Å². The van der Waals surface area contributed by atoms with Gasteiger partial charge in [0, 0.05) is 14.5 Å². The van der Waals surface area contributed by atoms with E-state index in [1.807, 2.05) is 0 Å². The molecule has 0 aliphatic carbocycles. The quantitative estimate of drug-likeness (QED) is 0.783. The molecule has 0 heterocycles. The van der Waals surface area contributed by atoms with Crippen molar-refractivity contribution in [3.8, 4) is 0 Å². The highest BCUT2D eigenvalue weighted by molar-refractivity contribution is 9.11. The molecule has 0 aliphatic rings. The summed E-state index contributed by atoms with van der Waals surface area (Å²) in [6.07, 6.45) is -2.87. The predicted octanol–water partition coefficient (Wildman–Crippen LogP) is 1.74. The summed E-state index contributed by atoms with van der Waals surface area (Å²) in [5.74, 6) is -0.656. The molecule has 0 radical (unpaired) electrons. The topological polar surface area (TPSA) is 60.7 Å². The van der Waals surface area contributed by atoms with E-state index in [0.29, 0.717) is 8.95 Å². The summed E-state index contributed by atoms with van der Waals surface area (Å²) in [6.45, 7) is -0.636. The average Bonchev–Trinajstić information content (AvgIpc) is 2.14. The van der Waals surface area contributed by atoms with Crippen LogP contribution in [0.15, 0.2) is 21.1 Å². The Bertz CT molecular complexity index is 336. The zero-order chi connectivity index (χ0) is 11.6. The maximum Gasteiger partial charge on any atom is 0.131 e. The Hall–Kier alpha value is -0.0100. The van der Waals surface area contributed by atoms with Crippen molar-refractivity contribution < 1.29 is 19.7 Å². The fourth-order valence-electron chi connectivity index (χ4n) is 1.13. The number of hydrogen-bond donors (Lipinski definition) is 3. The third kappa shape index (κ3) is 2.98. The van der Waals surface area contributed by atoms with Gasteiger partial charge in [-0.3, -0.25) is 0 Å². The Morgan fingerprint density at radius 1 is 1.27 bits per heavy atom. The third-order valence-corrected chi connectivity index (χ3v) is 3.01. The third-order valence-electron chi connectivity index (χ3n) is 1.89. The van der Waals surface area contributed by atoms with Gasteiger partial charge in [-0.05, 0) is 12.1 Å². The molecule has 84 valence electrons. The lowest BCUT2D eigenvalue weighted by Gasteiger charge is -2.18. The van der Waals surface area contributed by atoms with Gasteiger partial charge in [0.1, 0.15) is 18.0 Å². The number of halogens is 3. The highest BCUT2D eigenvalue weighted by Crippen LogP contribution is 2.31. The molecule has 1 aromatic rings. The molecule has 0 aromatic heterocycles. The molecule has 15 heavy (non-hydrogen) atoms. The van der Waals surface area contributed by atoms with Crippen LogP contribution < -0.4 is 0 Å². The van der Waals surface area contributed by atoms with Crippen molar-refractivity contribution in [2.24, 2.45) is 0 Å². The van der Waals surface area contributed by atoms with Crippen LogP contribution in [-0.2, 0) is 0 Å². The second-order valence-electron chi connectivity index (χ2n) is 2.98. The van der Waals surface area contributed by atoms with E-state index in [1.54, 1.807) is 6.07 Å². The first kappa shape index (κ1) is 13.1. The van der Waals surface area contributed by atoms with Crippen LogP contribution >= 0.6 is 31.9 Å². The molecule has 1 aromatic carbocycles. The average molecular weight is 344 g/mol. The second kappa shape index (κ2) is 5.36. The van der Waals surface area contributed by atoms with Crippen molar-refractivity contribution in [1.29, 1.82) is 0 Å². The van der Waals surface area contributed by atoms with E-state index in [0.717, 1.165) is 0 Å². The zero-order valence-corrected chi connectivity index (χ0v) is 10.7. The highest BCUT2D eigenvalue weighted by Gasteiger charge is 2.23. The largest absolute Gasteiger partial charge is 0.394 e. The van der Waals surface area contributed by atoms with Gasteiger partial charge < -0.3 is 15.3 Å². The second-order valence-corrected chi connectivity index (χ2v) is 4.75. The molecule has 3 nitrogen and oxygen atoms in total. The molecule has 0 aliphatic heterocycles. The molecule has 0 amide bonds. The maximum atomic E-state index is 13.4. The van der Waals surface area contributed by atoms with Crippen LogP contribution in [0.4, 0.5) is 4.39 Å². The molecular weight excluding hydrogens is 335 g/mol. The van der Waals surface area contributed by atoms with Crippen LogP contribution in [0.25, 0.3) is 0 Å². The first-order chi connectivity index (χ1) is 6.97. The maximum absolute atomic E-state index is 13.4. The minimum atomic E-state index is -1.46. The minimum Gasteiger partial charge on any atom is -0.394 e. The molecule has 0 bridgehead atoms. The van der Waals surface area contributed by atoms with Crippen LogP contribution in [0.1, 0.15) is 11.7 Å². The van der Waals surface area contributed by atoms with Gasteiger partial charge in [-0.15, -0.1) is 0 Å². The molecule has 0 saturated carbocycles. The summed E-state index contributed by atoms with van der Waals surface area (Å²) in [5.41, 5.74) is -0.0697. The fraction of sp³-hybridized carbons (Fsp3) is 0.333. The smallest absolute Gasteiger partial charge is 0.131 e. The Morgan fingerprint density at radius 3 is 2.33 bits per heavy atom. The fourth-order valence-corrected chi connectivity index (χ4v) is 2.54. The Labute approximate surface area is 103 Å².